The van der Waals surface area contributed by atoms with Gasteiger partial charge >= 0.3 is 0 Å². The van der Waals surface area contributed by atoms with Gasteiger partial charge in [0.05, 0.1) is 45.8 Å². The molecule has 3 aliphatic heterocycles. The lowest BCUT2D eigenvalue weighted by Gasteiger charge is -2.24. The predicted octanol–water partition coefficient (Wildman–Crippen LogP) is 3.76. The Morgan fingerprint density at radius 1 is 1.09 bits per heavy atom. The first-order valence-electron chi connectivity index (χ1n) is 11.7. The third kappa shape index (κ3) is 3.63. The number of methoxy groups -OCH3 is 3. The third-order valence-corrected chi connectivity index (χ3v) is 7.21. The zero-order valence-electron chi connectivity index (χ0n) is 20.5. The molecular weight excluding hydrogens is 448 g/mol. The molecule has 3 heterocycles. The Bertz CT molecular complexity index is 1170. The number of anilines is 2. The van der Waals surface area contributed by atoms with Crippen LogP contribution < -0.4 is 24.4 Å². The number of amides is 2. The number of ether oxygens (including phenoxy) is 4. The van der Waals surface area contributed by atoms with Crippen molar-refractivity contribution in [1.29, 1.82) is 0 Å². The minimum Gasteiger partial charge on any atom is -0.493 e. The molecule has 0 aliphatic carbocycles. The van der Waals surface area contributed by atoms with Crippen molar-refractivity contribution in [3.05, 3.63) is 54.1 Å². The van der Waals surface area contributed by atoms with Crippen LogP contribution in [0, 0.1) is 11.8 Å². The zero-order chi connectivity index (χ0) is 24.9. The van der Waals surface area contributed by atoms with Crippen molar-refractivity contribution in [3.8, 4) is 17.2 Å². The number of nitrogens with one attached hydrogen (secondary N) is 1. The topological polar surface area (TPSA) is 86.3 Å². The quantitative estimate of drug-likeness (QED) is 0.610. The van der Waals surface area contributed by atoms with Crippen LogP contribution in [-0.4, -0.2) is 51.4 Å². The number of carbonyl (C=O) groups excluding carboxylic acids is 2. The third-order valence-electron chi connectivity index (χ3n) is 7.21. The van der Waals surface area contributed by atoms with Crippen molar-refractivity contribution in [3.63, 3.8) is 0 Å². The lowest BCUT2D eigenvalue weighted by atomic mass is 9.76. The van der Waals surface area contributed by atoms with Gasteiger partial charge in [-0.1, -0.05) is 38.1 Å². The largest absolute Gasteiger partial charge is 0.493 e. The number of rotatable bonds is 7. The van der Waals surface area contributed by atoms with E-state index in [1.807, 2.05) is 36.4 Å². The molecule has 2 fully saturated rings. The molecule has 1 spiro atoms. The van der Waals surface area contributed by atoms with Crippen LogP contribution in [0.3, 0.4) is 0 Å². The summed E-state index contributed by atoms with van der Waals surface area (Å²) in [6.07, 6.45) is 3.40. The monoisotopic (exact) mass is 478 g/mol. The molecule has 5 rings (SSSR count). The highest BCUT2D eigenvalue weighted by atomic mass is 16.5. The average molecular weight is 479 g/mol. The maximum atomic E-state index is 13.6. The minimum absolute atomic E-state index is 0.0980. The van der Waals surface area contributed by atoms with E-state index in [0.29, 0.717) is 35.4 Å². The second-order valence-corrected chi connectivity index (χ2v) is 9.47. The number of benzene rings is 2. The maximum Gasteiger partial charge on any atom is 0.234 e. The Kier molecular flexibility index (Phi) is 5.71. The summed E-state index contributed by atoms with van der Waals surface area (Å²) in [6, 6.07) is 11.3. The molecule has 2 amide bonds. The number of hydrogen-bond acceptors (Lipinski definition) is 6. The summed E-state index contributed by atoms with van der Waals surface area (Å²) in [5.41, 5.74) is 1.71. The zero-order valence-corrected chi connectivity index (χ0v) is 20.5. The molecule has 35 heavy (non-hydrogen) atoms. The summed E-state index contributed by atoms with van der Waals surface area (Å²) < 4.78 is 22.4. The molecule has 2 aromatic carbocycles. The molecule has 184 valence electrons. The summed E-state index contributed by atoms with van der Waals surface area (Å²) >= 11 is 0. The number of carbonyl (C=O) groups is 2. The van der Waals surface area contributed by atoms with E-state index < -0.39 is 23.5 Å². The van der Waals surface area contributed by atoms with E-state index in [9.17, 15) is 9.59 Å². The summed E-state index contributed by atoms with van der Waals surface area (Å²) in [4.78, 5) is 28.9. The van der Waals surface area contributed by atoms with Crippen LogP contribution in [0.1, 0.15) is 25.3 Å². The van der Waals surface area contributed by atoms with E-state index in [2.05, 4.69) is 19.2 Å². The van der Waals surface area contributed by atoms with E-state index >= 15 is 0 Å². The van der Waals surface area contributed by atoms with Gasteiger partial charge in [-0.25, -0.2) is 0 Å². The number of nitrogens with zero attached hydrogens (tertiary/aromatic N) is 1. The summed E-state index contributed by atoms with van der Waals surface area (Å²) in [5, 5.41) is 2.93. The Hall–Kier alpha value is -3.52. The minimum atomic E-state index is -0.796. The molecular formula is C27H30N2O6. The van der Waals surface area contributed by atoms with E-state index in [0.717, 1.165) is 5.69 Å². The van der Waals surface area contributed by atoms with Gasteiger partial charge in [0.2, 0.25) is 17.6 Å². The SMILES string of the molecule is COc1cc(NC(=O)C2C3C(=O)N(c4ccc(C(C)C)cc4)C[C@]34C=C[C@@H]2O4)cc(OC)c1OC. The van der Waals surface area contributed by atoms with Crippen LogP contribution in [0.2, 0.25) is 0 Å². The second kappa shape index (κ2) is 8.61. The van der Waals surface area contributed by atoms with E-state index in [-0.39, 0.29) is 11.8 Å². The van der Waals surface area contributed by atoms with Gasteiger partial charge in [0.15, 0.2) is 11.5 Å². The highest BCUT2D eigenvalue weighted by Gasteiger charge is 2.67. The Morgan fingerprint density at radius 3 is 2.31 bits per heavy atom. The molecule has 0 saturated carbocycles. The second-order valence-electron chi connectivity index (χ2n) is 9.47. The lowest BCUT2D eigenvalue weighted by Crippen LogP contribution is -2.41. The maximum absolute atomic E-state index is 13.6. The van der Waals surface area contributed by atoms with E-state index in [1.54, 1.807) is 17.0 Å². The van der Waals surface area contributed by atoms with Gasteiger partial charge in [-0.05, 0) is 23.6 Å². The van der Waals surface area contributed by atoms with E-state index in [4.69, 9.17) is 18.9 Å². The Morgan fingerprint density at radius 2 is 1.74 bits per heavy atom. The molecule has 0 radical (unpaired) electrons. The van der Waals surface area contributed by atoms with Crippen molar-refractivity contribution >= 4 is 23.2 Å². The van der Waals surface area contributed by atoms with Crippen LogP contribution in [-0.2, 0) is 14.3 Å². The van der Waals surface area contributed by atoms with Crippen molar-refractivity contribution in [2.75, 3.05) is 38.1 Å². The van der Waals surface area contributed by atoms with Crippen molar-refractivity contribution in [2.24, 2.45) is 11.8 Å². The van der Waals surface area contributed by atoms with Gasteiger partial charge in [-0.3, -0.25) is 9.59 Å². The molecule has 1 N–H and O–H groups in total. The fraction of sp³-hybridized carbons (Fsp3) is 0.407. The number of hydrogen-bond donors (Lipinski definition) is 1. The van der Waals surface area contributed by atoms with Gasteiger partial charge in [0.25, 0.3) is 0 Å². The van der Waals surface area contributed by atoms with Crippen LogP contribution in [0.5, 0.6) is 17.2 Å². The van der Waals surface area contributed by atoms with Crippen molar-refractivity contribution in [1.82, 2.24) is 0 Å². The number of fused-ring (bicyclic) bond motifs is 1. The van der Waals surface area contributed by atoms with Crippen molar-refractivity contribution in [2.45, 2.75) is 31.5 Å². The molecule has 2 saturated heterocycles. The van der Waals surface area contributed by atoms with Crippen LogP contribution in [0.25, 0.3) is 0 Å². The van der Waals surface area contributed by atoms with E-state index in [1.165, 1.54) is 26.9 Å². The smallest absolute Gasteiger partial charge is 0.234 e. The van der Waals surface area contributed by atoms with Crippen LogP contribution in [0.15, 0.2) is 48.6 Å². The van der Waals surface area contributed by atoms with Crippen LogP contribution >= 0.6 is 0 Å². The highest BCUT2D eigenvalue weighted by molar-refractivity contribution is 6.05. The normalized spacial score (nSPS) is 26.3. The molecule has 0 aromatic heterocycles. The first-order valence-corrected chi connectivity index (χ1v) is 11.7. The molecule has 8 nitrogen and oxygen atoms in total. The molecule has 3 aliphatic rings. The van der Waals surface area contributed by atoms with Gasteiger partial charge in [-0.2, -0.15) is 0 Å². The average Bonchev–Trinajstić information content (AvgIpc) is 3.51. The molecule has 2 bridgehead atoms. The summed E-state index contributed by atoms with van der Waals surface area (Å²) in [6.45, 7) is 4.65. The van der Waals surface area contributed by atoms with Gasteiger partial charge in [-0.15, -0.1) is 0 Å². The molecule has 8 heteroatoms. The van der Waals surface area contributed by atoms with Crippen LogP contribution in [0.4, 0.5) is 11.4 Å². The predicted molar refractivity (Wildman–Crippen MR) is 131 cm³/mol. The molecule has 2 aromatic rings. The van der Waals surface area contributed by atoms with Crippen molar-refractivity contribution < 1.29 is 28.5 Å². The lowest BCUT2D eigenvalue weighted by molar-refractivity contribution is -0.128. The first kappa shape index (κ1) is 23.2. The Labute approximate surface area is 204 Å². The summed E-state index contributed by atoms with van der Waals surface area (Å²) in [7, 11) is 4.55. The highest BCUT2D eigenvalue weighted by Crippen LogP contribution is 2.53. The van der Waals surface area contributed by atoms with Gasteiger partial charge in [0, 0.05) is 23.5 Å². The fourth-order valence-corrected chi connectivity index (χ4v) is 5.43. The Balaban J connectivity index is 1.41. The fourth-order valence-electron chi connectivity index (χ4n) is 5.43. The first-order chi connectivity index (χ1) is 16.8. The standard InChI is InChI=1S/C27H30N2O6/c1-15(2)16-6-8-18(9-7-16)29-14-27-11-10-19(35-27)22(23(27)26(29)31)25(30)28-17-12-20(32-3)24(34-5)21(13-17)33-4/h6-13,15,19,22-23H,14H2,1-5H3,(H,28,30)/t19-,22?,23?,27+/m0/s1. The molecule has 2 unspecified atom stereocenters. The molecule has 4 atom stereocenters. The van der Waals surface area contributed by atoms with Gasteiger partial charge in [0.1, 0.15) is 5.60 Å². The summed E-state index contributed by atoms with van der Waals surface area (Å²) in [5.74, 6) is 0.0666. The van der Waals surface area contributed by atoms with Gasteiger partial charge < -0.3 is 29.2 Å².